The third kappa shape index (κ3) is 6.31. The Morgan fingerprint density at radius 1 is 1.11 bits per heavy atom. The van der Waals surface area contributed by atoms with Crippen LogP contribution in [0, 0.1) is 5.82 Å². The molecule has 0 spiro atoms. The highest BCUT2D eigenvalue weighted by Gasteiger charge is 2.35. The molecule has 0 aliphatic carbocycles. The van der Waals surface area contributed by atoms with Gasteiger partial charge in [-0.25, -0.2) is 18.5 Å². The number of esters is 1. The van der Waals surface area contributed by atoms with Crippen molar-refractivity contribution in [3.8, 4) is 17.2 Å². The molecule has 1 atom stereocenters. The lowest BCUT2D eigenvalue weighted by atomic mass is 10.2. The Morgan fingerprint density at radius 3 is 2.35 bits per heavy atom. The van der Waals surface area contributed by atoms with Gasteiger partial charge in [-0.15, -0.1) is 0 Å². The molecular formula is C24H21ClF4N2O6. The minimum absolute atomic E-state index is 0.0849. The molecule has 0 radical (unpaired) electrons. The number of ether oxygens (including phenoxy) is 3. The first-order chi connectivity index (χ1) is 17.3. The van der Waals surface area contributed by atoms with Gasteiger partial charge in [-0.1, -0.05) is 23.7 Å². The maximum Gasteiger partial charge on any atom is 0.431 e. The molecule has 0 amide bonds. The fourth-order valence-corrected chi connectivity index (χ4v) is 3.46. The van der Waals surface area contributed by atoms with E-state index < -0.39 is 46.7 Å². The van der Waals surface area contributed by atoms with Crippen LogP contribution in [0.25, 0.3) is 5.69 Å². The summed E-state index contributed by atoms with van der Waals surface area (Å²) >= 11 is 6.04. The van der Waals surface area contributed by atoms with Crippen molar-refractivity contribution in [3.05, 3.63) is 85.4 Å². The van der Waals surface area contributed by atoms with Crippen molar-refractivity contribution in [2.75, 3.05) is 6.61 Å². The molecule has 0 saturated carbocycles. The minimum Gasteiger partial charge on any atom is -0.487 e. The number of carbonyl (C=O) groups excluding carboxylic acids is 1. The molecule has 198 valence electrons. The van der Waals surface area contributed by atoms with Crippen LogP contribution < -0.4 is 20.7 Å². The van der Waals surface area contributed by atoms with E-state index in [4.69, 9.17) is 25.8 Å². The second kappa shape index (κ2) is 11.1. The van der Waals surface area contributed by atoms with Crippen LogP contribution in [0.4, 0.5) is 17.6 Å². The van der Waals surface area contributed by atoms with Gasteiger partial charge in [0, 0.05) is 19.2 Å². The number of benzene rings is 2. The van der Waals surface area contributed by atoms with Crippen molar-refractivity contribution in [3.63, 3.8) is 0 Å². The topological polar surface area (TPSA) is 88.8 Å². The average molecular weight is 545 g/mol. The van der Waals surface area contributed by atoms with Crippen LogP contribution in [0.5, 0.6) is 11.5 Å². The second-order valence-corrected chi connectivity index (χ2v) is 8.13. The molecule has 0 saturated heterocycles. The zero-order valence-corrected chi connectivity index (χ0v) is 20.5. The van der Waals surface area contributed by atoms with Crippen molar-refractivity contribution < 1.29 is 36.6 Å². The maximum absolute atomic E-state index is 14.6. The van der Waals surface area contributed by atoms with Crippen molar-refractivity contribution in [1.29, 1.82) is 0 Å². The molecule has 1 unspecified atom stereocenters. The number of aromatic nitrogens is 2. The van der Waals surface area contributed by atoms with Crippen LogP contribution in [0.1, 0.15) is 25.1 Å². The normalized spacial score (nSPS) is 12.2. The van der Waals surface area contributed by atoms with Gasteiger partial charge in [0.15, 0.2) is 6.10 Å². The van der Waals surface area contributed by atoms with Gasteiger partial charge in [0.25, 0.3) is 5.56 Å². The summed E-state index contributed by atoms with van der Waals surface area (Å²) in [6, 6.07) is 8.34. The Morgan fingerprint density at radius 2 is 1.76 bits per heavy atom. The molecule has 0 aliphatic rings. The molecule has 0 N–H and O–H groups in total. The smallest absolute Gasteiger partial charge is 0.431 e. The largest absolute Gasteiger partial charge is 0.487 e. The number of hydrogen-bond acceptors (Lipinski definition) is 6. The van der Waals surface area contributed by atoms with Gasteiger partial charge < -0.3 is 14.2 Å². The van der Waals surface area contributed by atoms with Gasteiger partial charge in [-0.3, -0.25) is 9.36 Å². The summed E-state index contributed by atoms with van der Waals surface area (Å²) in [5, 5.41) is -0.193. The fourth-order valence-electron chi connectivity index (χ4n) is 3.26. The SMILES string of the molecule is CCOC(=O)C(C)Oc1ccc(COc2cc(-n3c(=O)cc(C(F)(F)F)n(C)c3=O)c(F)cc2Cl)cc1. The van der Waals surface area contributed by atoms with Crippen LogP contribution >= 0.6 is 11.6 Å². The molecule has 13 heteroatoms. The van der Waals surface area contributed by atoms with E-state index in [2.05, 4.69) is 0 Å². The van der Waals surface area contributed by atoms with E-state index in [0.29, 0.717) is 11.3 Å². The highest BCUT2D eigenvalue weighted by molar-refractivity contribution is 6.32. The van der Waals surface area contributed by atoms with Gasteiger partial charge in [0.2, 0.25) is 0 Å². The molecule has 1 aromatic heterocycles. The lowest BCUT2D eigenvalue weighted by molar-refractivity contribution is -0.150. The Bertz CT molecular complexity index is 1420. The number of rotatable bonds is 8. The van der Waals surface area contributed by atoms with E-state index in [1.54, 1.807) is 38.1 Å². The summed E-state index contributed by atoms with van der Waals surface area (Å²) in [6.45, 7) is 3.35. The predicted octanol–water partition coefficient (Wildman–Crippen LogP) is 4.26. The monoisotopic (exact) mass is 544 g/mol. The zero-order valence-electron chi connectivity index (χ0n) is 19.8. The molecule has 1 heterocycles. The number of halogens is 5. The number of hydrogen-bond donors (Lipinski definition) is 0. The Kier molecular flexibility index (Phi) is 8.32. The molecule has 3 aromatic rings. The van der Waals surface area contributed by atoms with Crippen molar-refractivity contribution >= 4 is 17.6 Å². The van der Waals surface area contributed by atoms with Crippen LogP contribution in [0.2, 0.25) is 5.02 Å². The summed E-state index contributed by atoms with van der Waals surface area (Å²) in [7, 11) is 0.813. The van der Waals surface area contributed by atoms with Crippen molar-refractivity contribution in [2.24, 2.45) is 7.05 Å². The quantitative estimate of drug-likeness (QED) is 0.311. The average Bonchev–Trinajstić information content (AvgIpc) is 2.82. The van der Waals surface area contributed by atoms with E-state index in [-0.39, 0.29) is 39.2 Å². The fraction of sp³-hybridized carbons (Fsp3) is 0.292. The number of nitrogens with zero attached hydrogens (tertiary/aromatic N) is 2. The van der Waals surface area contributed by atoms with Gasteiger partial charge in [-0.2, -0.15) is 13.2 Å². The van der Waals surface area contributed by atoms with E-state index >= 15 is 0 Å². The molecular weight excluding hydrogens is 524 g/mol. The van der Waals surface area contributed by atoms with Gasteiger partial charge in [-0.05, 0) is 37.6 Å². The summed E-state index contributed by atoms with van der Waals surface area (Å²) < 4.78 is 70.4. The third-order valence-corrected chi connectivity index (χ3v) is 5.40. The molecule has 0 bridgehead atoms. The van der Waals surface area contributed by atoms with Crippen LogP contribution in [-0.4, -0.2) is 27.8 Å². The predicted molar refractivity (Wildman–Crippen MR) is 125 cm³/mol. The van der Waals surface area contributed by atoms with E-state index in [9.17, 15) is 31.9 Å². The third-order valence-electron chi connectivity index (χ3n) is 5.10. The van der Waals surface area contributed by atoms with Crippen molar-refractivity contribution in [2.45, 2.75) is 32.7 Å². The standard InChI is InChI=1S/C24H21ClF4N2O6/c1-4-35-22(33)13(2)37-15-7-5-14(6-8-15)12-36-19-10-18(17(26)9-16(19)25)31-21(32)11-20(24(27,28)29)30(3)23(31)34/h5-11,13H,4,12H2,1-3H3. The highest BCUT2D eigenvalue weighted by atomic mass is 35.5. The first kappa shape index (κ1) is 27.8. The van der Waals surface area contributed by atoms with Crippen molar-refractivity contribution in [1.82, 2.24) is 9.13 Å². The summed E-state index contributed by atoms with van der Waals surface area (Å²) in [6.07, 6.45) is -5.78. The maximum atomic E-state index is 14.6. The lowest BCUT2D eigenvalue weighted by Gasteiger charge is -2.16. The molecule has 0 fully saturated rings. The number of alkyl halides is 3. The Hall–Kier alpha value is -3.80. The highest BCUT2D eigenvalue weighted by Crippen LogP contribution is 2.31. The Balaban J connectivity index is 1.84. The minimum atomic E-state index is -4.96. The van der Waals surface area contributed by atoms with Gasteiger partial charge in [0.05, 0.1) is 17.3 Å². The van der Waals surface area contributed by atoms with Crippen LogP contribution in [0.3, 0.4) is 0 Å². The van der Waals surface area contributed by atoms with E-state index in [1.807, 2.05) is 0 Å². The number of carbonyl (C=O) groups is 1. The molecule has 37 heavy (non-hydrogen) atoms. The summed E-state index contributed by atoms with van der Waals surface area (Å²) in [4.78, 5) is 36.5. The van der Waals surface area contributed by atoms with Crippen LogP contribution in [-0.2, 0) is 29.4 Å². The molecule has 0 aliphatic heterocycles. The first-order valence-corrected chi connectivity index (χ1v) is 11.2. The van der Waals surface area contributed by atoms with Crippen LogP contribution in [0.15, 0.2) is 52.1 Å². The van der Waals surface area contributed by atoms with Gasteiger partial charge in [0.1, 0.15) is 29.6 Å². The van der Waals surface area contributed by atoms with E-state index in [1.165, 1.54) is 0 Å². The molecule has 8 nitrogen and oxygen atoms in total. The zero-order chi connectivity index (χ0) is 27.5. The first-order valence-electron chi connectivity index (χ1n) is 10.8. The summed E-state index contributed by atoms with van der Waals surface area (Å²) in [5.41, 5.74) is -4.28. The molecule has 2 aromatic carbocycles. The Labute approximate surface area is 212 Å². The second-order valence-electron chi connectivity index (χ2n) is 7.72. The lowest BCUT2D eigenvalue weighted by Crippen LogP contribution is -2.41. The summed E-state index contributed by atoms with van der Waals surface area (Å²) in [5.74, 6) is -1.36. The van der Waals surface area contributed by atoms with Gasteiger partial charge >= 0.3 is 17.8 Å². The molecule has 3 rings (SSSR count). The van der Waals surface area contributed by atoms with E-state index in [0.717, 1.165) is 19.2 Å².